The van der Waals surface area contributed by atoms with Gasteiger partial charge in [0.15, 0.2) is 0 Å². The first-order valence-corrected chi connectivity index (χ1v) is 3.19. The Morgan fingerprint density at radius 2 is 2.00 bits per heavy atom. The average Bonchev–Trinajstić information content (AvgIpc) is 1.84. The van der Waals surface area contributed by atoms with Gasteiger partial charge in [-0.25, -0.2) is 0 Å². The van der Waals surface area contributed by atoms with Crippen LogP contribution in [0.1, 0.15) is 20.3 Å². The van der Waals surface area contributed by atoms with Crippen molar-refractivity contribution in [2.24, 2.45) is 5.92 Å². The molecule has 0 fully saturated rings. The molecule has 3 heteroatoms. The van der Waals surface area contributed by atoms with Crippen molar-refractivity contribution >= 4 is 22.6 Å². The highest BCUT2D eigenvalue weighted by Crippen LogP contribution is 2.03. The predicted molar refractivity (Wildman–Crippen MR) is 35.3 cm³/mol. The van der Waals surface area contributed by atoms with Gasteiger partial charge in [0.05, 0.1) is 5.92 Å². The van der Waals surface area contributed by atoms with Gasteiger partial charge in [-0.3, -0.25) is 9.59 Å². The Kier molecular flexibility index (Phi) is 3.47. The molecule has 9 heavy (non-hydrogen) atoms. The quantitative estimate of drug-likeness (QED) is 0.448. The van der Waals surface area contributed by atoms with Gasteiger partial charge >= 0.3 is 0 Å². The topological polar surface area (TPSA) is 34.1 Å². The lowest BCUT2D eigenvalue weighted by Crippen LogP contribution is -2.15. The Balaban J connectivity index is 3.88. The van der Waals surface area contributed by atoms with Crippen LogP contribution >= 0.6 is 11.6 Å². The van der Waals surface area contributed by atoms with E-state index in [1.807, 2.05) is 0 Å². The third-order valence-corrected chi connectivity index (χ3v) is 1.50. The van der Waals surface area contributed by atoms with Crippen LogP contribution in [-0.2, 0) is 9.59 Å². The van der Waals surface area contributed by atoms with E-state index < -0.39 is 11.2 Å². The largest absolute Gasteiger partial charge is 0.299 e. The number of carbonyl (C=O) groups is 2. The summed E-state index contributed by atoms with van der Waals surface area (Å²) in [4.78, 5) is 20.9. The number of carbonyl (C=O) groups excluding carboxylic acids is 2. The maximum absolute atomic E-state index is 10.6. The lowest BCUT2D eigenvalue weighted by atomic mass is 10.1. The Labute approximate surface area is 59.2 Å². The van der Waals surface area contributed by atoms with E-state index in [0.717, 1.165) is 0 Å². The Morgan fingerprint density at radius 1 is 1.56 bits per heavy atom. The maximum Gasteiger partial charge on any atom is 0.231 e. The summed E-state index contributed by atoms with van der Waals surface area (Å²) >= 11 is 5.04. The van der Waals surface area contributed by atoms with Crippen LogP contribution in [0.3, 0.4) is 0 Å². The molecule has 0 saturated heterocycles. The van der Waals surface area contributed by atoms with Gasteiger partial charge in [-0.05, 0) is 18.5 Å². The van der Waals surface area contributed by atoms with Gasteiger partial charge in [0.25, 0.3) is 0 Å². The van der Waals surface area contributed by atoms with Crippen molar-refractivity contribution in [3.8, 4) is 0 Å². The van der Waals surface area contributed by atoms with Crippen molar-refractivity contribution in [3.63, 3.8) is 0 Å². The van der Waals surface area contributed by atoms with E-state index in [0.29, 0.717) is 6.42 Å². The lowest BCUT2D eigenvalue weighted by Gasteiger charge is -1.99. The van der Waals surface area contributed by atoms with Crippen LogP contribution in [0, 0.1) is 5.92 Å². The number of ketones is 1. The van der Waals surface area contributed by atoms with Gasteiger partial charge < -0.3 is 0 Å². The van der Waals surface area contributed by atoms with Crippen molar-refractivity contribution < 1.29 is 9.59 Å². The van der Waals surface area contributed by atoms with E-state index in [4.69, 9.17) is 11.6 Å². The standard InChI is InChI=1S/C6H9ClO2/c1-3-5(8)4(2)6(7)9/h4H,3H2,1-2H3. The zero-order valence-electron chi connectivity index (χ0n) is 5.48. The lowest BCUT2D eigenvalue weighted by molar-refractivity contribution is -0.127. The fourth-order valence-electron chi connectivity index (χ4n) is 0.433. The number of hydrogen-bond donors (Lipinski definition) is 0. The molecule has 0 aromatic carbocycles. The predicted octanol–water partition coefficient (Wildman–Crippen LogP) is 1.37. The molecule has 1 atom stereocenters. The van der Waals surface area contributed by atoms with Crippen molar-refractivity contribution in [1.29, 1.82) is 0 Å². The molecule has 0 rings (SSSR count). The normalized spacial score (nSPS) is 12.8. The highest BCUT2D eigenvalue weighted by Gasteiger charge is 2.16. The Morgan fingerprint density at radius 3 is 2.11 bits per heavy atom. The smallest absolute Gasteiger partial charge is 0.231 e. The van der Waals surface area contributed by atoms with Crippen molar-refractivity contribution in [1.82, 2.24) is 0 Å². The van der Waals surface area contributed by atoms with E-state index in [-0.39, 0.29) is 5.78 Å². The van der Waals surface area contributed by atoms with Crippen molar-refractivity contribution in [2.75, 3.05) is 0 Å². The highest BCUT2D eigenvalue weighted by molar-refractivity contribution is 6.65. The molecule has 52 valence electrons. The minimum atomic E-state index is -0.628. The average molecular weight is 149 g/mol. The molecule has 0 aliphatic rings. The summed E-state index contributed by atoms with van der Waals surface area (Å²) in [5, 5.41) is -0.568. The van der Waals surface area contributed by atoms with Gasteiger partial charge in [0.2, 0.25) is 5.24 Å². The summed E-state index contributed by atoms with van der Waals surface area (Å²) in [5.41, 5.74) is 0. The van der Waals surface area contributed by atoms with Crippen LogP contribution in [0.15, 0.2) is 0 Å². The SMILES string of the molecule is CCC(=O)C(C)C(=O)Cl. The summed E-state index contributed by atoms with van der Waals surface area (Å²) in [7, 11) is 0. The summed E-state index contributed by atoms with van der Waals surface area (Å²) < 4.78 is 0. The van der Waals surface area contributed by atoms with E-state index in [1.54, 1.807) is 6.92 Å². The van der Waals surface area contributed by atoms with Crippen LogP contribution in [0.25, 0.3) is 0 Å². The monoisotopic (exact) mass is 148 g/mol. The molecule has 0 aromatic heterocycles. The molecule has 0 bridgehead atoms. The molecular formula is C6H9ClO2. The zero-order chi connectivity index (χ0) is 7.44. The van der Waals surface area contributed by atoms with Crippen LogP contribution < -0.4 is 0 Å². The first-order valence-electron chi connectivity index (χ1n) is 2.81. The van der Waals surface area contributed by atoms with Gasteiger partial charge in [-0.2, -0.15) is 0 Å². The minimum Gasteiger partial charge on any atom is -0.299 e. The maximum atomic E-state index is 10.6. The van der Waals surface area contributed by atoms with Crippen LogP contribution in [0.2, 0.25) is 0 Å². The van der Waals surface area contributed by atoms with Crippen LogP contribution in [0.5, 0.6) is 0 Å². The molecule has 0 aliphatic carbocycles. The van der Waals surface area contributed by atoms with Crippen LogP contribution in [0.4, 0.5) is 0 Å². The molecule has 0 aliphatic heterocycles. The first kappa shape index (κ1) is 8.63. The molecule has 0 heterocycles. The molecule has 1 unspecified atom stereocenters. The third kappa shape index (κ3) is 2.61. The molecule has 0 radical (unpaired) electrons. The van der Waals surface area contributed by atoms with Crippen molar-refractivity contribution in [2.45, 2.75) is 20.3 Å². The highest BCUT2D eigenvalue weighted by atomic mass is 35.5. The first-order chi connectivity index (χ1) is 4.09. The van der Waals surface area contributed by atoms with Crippen molar-refractivity contribution in [3.05, 3.63) is 0 Å². The molecule has 0 saturated carbocycles. The summed E-state index contributed by atoms with van der Waals surface area (Å²) in [6, 6.07) is 0. The molecular weight excluding hydrogens is 140 g/mol. The molecule has 0 spiro atoms. The summed E-state index contributed by atoms with van der Waals surface area (Å²) in [6.07, 6.45) is 0.375. The fraction of sp³-hybridized carbons (Fsp3) is 0.667. The van der Waals surface area contributed by atoms with Gasteiger partial charge in [-0.1, -0.05) is 6.92 Å². The molecule has 2 nitrogen and oxygen atoms in total. The number of Topliss-reactive ketones (excluding diaryl/α,β-unsaturated/α-hetero) is 1. The second-order valence-corrected chi connectivity index (χ2v) is 2.22. The fourth-order valence-corrected chi connectivity index (χ4v) is 0.554. The Bertz CT molecular complexity index is 131. The molecule has 0 amide bonds. The number of rotatable bonds is 3. The molecule has 0 aromatic rings. The van der Waals surface area contributed by atoms with E-state index in [2.05, 4.69) is 0 Å². The number of hydrogen-bond acceptors (Lipinski definition) is 2. The third-order valence-electron chi connectivity index (χ3n) is 1.17. The van der Waals surface area contributed by atoms with Gasteiger partial charge in [-0.15, -0.1) is 0 Å². The van der Waals surface area contributed by atoms with E-state index in [1.165, 1.54) is 6.92 Å². The van der Waals surface area contributed by atoms with Gasteiger partial charge in [0.1, 0.15) is 5.78 Å². The Hall–Kier alpha value is -0.370. The minimum absolute atomic E-state index is 0.102. The summed E-state index contributed by atoms with van der Waals surface area (Å²) in [6.45, 7) is 3.22. The van der Waals surface area contributed by atoms with E-state index >= 15 is 0 Å². The zero-order valence-corrected chi connectivity index (χ0v) is 6.23. The van der Waals surface area contributed by atoms with Gasteiger partial charge in [0, 0.05) is 6.42 Å². The second kappa shape index (κ2) is 3.62. The molecule has 0 N–H and O–H groups in total. The van der Waals surface area contributed by atoms with Crippen LogP contribution in [-0.4, -0.2) is 11.0 Å². The van der Waals surface area contributed by atoms with E-state index in [9.17, 15) is 9.59 Å². The second-order valence-electron chi connectivity index (χ2n) is 1.85. The summed E-state index contributed by atoms with van der Waals surface area (Å²) in [5.74, 6) is -0.730. The number of halogens is 1.